The number of carbonyl (C=O) groups excluding carboxylic acids is 1. The lowest BCUT2D eigenvalue weighted by Crippen LogP contribution is -1.98. The molecule has 2 heterocycles. The van der Waals surface area contributed by atoms with Crippen molar-refractivity contribution in [3.05, 3.63) is 59.8 Å². The second-order valence-corrected chi connectivity index (χ2v) is 7.47. The van der Waals surface area contributed by atoms with E-state index in [4.69, 9.17) is 4.98 Å². The number of rotatable bonds is 5. The van der Waals surface area contributed by atoms with Crippen molar-refractivity contribution in [2.45, 2.75) is 33.1 Å². The van der Waals surface area contributed by atoms with E-state index < -0.39 is 0 Å². The molecule has 0 saturated heterocycles. The number of hydrogen-bond acceptors (Lipinski definition) is 3. The number of nitrogens with zero attached hydrogens (tertiary/aromatic N) is 2. The molecule has 0 aliphatic heterocycles. The predicted octanol–water partition coefficient (Wildman–Crippen LogP) is 5.90. The third kappa shape index (κ3) is 2.98. The van der Waals surface area contributed by atoms with Gasteiger partial charge in [-0.25, -0.2) is 4.98 Å². The van der Waals surface area contributed by atoms with Gasteiger partial charge in [0.2, 0.25) is 0 Å². The highest BCUT2D eigenvalue weighted by Crippen LogP contribution is 2.30. The number of carbonyl (C=O) groups is 1. The molecular weight excluding hydrogens is 328 g/mol. The Labute approximate surface area is 150 Å². The summed E-state index contributed by atoms with van der Waals surface area (Å²) in [5.41, 5.74) is 5.27. The average Bonchev–Trinajstić information content (AvgIpc) is 3.17. The molecular formula is C21H20N2OS. The first kappa shape index (κ1) is 16.0. The number of thiazole rings is 1. The smallest absolute Gasteiger partial charge is 0.195 e. The Morgan fingerprint density at radius 1 is 1.16 bits per heavy atom. The Bertz CT molecular complexity index is 1060. The van der Waals surface area contributed by atoms with E-state index in [1.807, 2.05) is 18.2 Å². The third-order valence-corrected chi connectivity index (χ3v) is 5.54. The Kier molecular flexibility index (Phi) is 4.14. The van der Waals surface area contributed by atoms with E-state index in [1.54, 1.807) is 11.3 Å². The Hall–Kier alpha value is -2.46. The Balaban J connectivity index is 1.72. The summed E-state index contributed by atoms with van der Waals surface area (Å²) < 4.78 is 3.23. The van der Waals surface area contributed by atoms with Crippen LogP contribution in [0.3, 0.4) is 0 Å². The van der Waals surface area contributed by atoms with E-state index in [0.29, 0.717) is 6.42 Å². The maximum absolute atomic E-state index is 12.2. The minimum Gasteiger partial charge on any atom is -0.294 e. The van der Waals surface area contributed by atoms with Gasteiger partial charge in [0.1, 0.15) is 0 Å². The molecule has 0 spiro atoms. The molecule has 4 heteroatoms. The first-order valence-corrected chi connectivity index (χ1v) is 9.49. The van der Waals surface area contributed by atoms with Gasteiger partial charge in [0.05, 0.1) is 15.9 Å². The maximum atomic E-state index is 12.2. The quantitative estimate of drug-likeness (QED) is 0.421. The fourth-order valence-electron chi connectivity index (χ4n) is 3.02. The van der Waals surface area contributed by atoms with Crippen LogP contribution in [0.1, 0.15) is 42.1 Å². The summed E-state index contributed by atoms with van der Waals surface area (Å²) in [7, 11) is 0. The standard InChI is InChI=1S/C21H20N2OS/c1-3-4-5-19(24)16-10-11-18-20(12-16)25-21-22-17(13-23(18)21)15-8-6-14(2)7-9-15/h6-13H,3-5H2,1-2H3. The Morgan fingerprint density at radius 3 is 2.72 bits per heavy atom. The lowest BCUT2D eigenvalue weighted by molar-refractivity contribution is 0.0980. The normalized spacial score (nSPS) is 11.4. The number of aryl methyl sites for hydroxylation is 1. The first-order chi connectivity index (χ1) is 12.2. The molecule has 0 saturated carbocycles. The van der Waals surface area contributed by atoms with E-state index in [2.05, 4.69) is 48.7 Å². The average molecular weight is 348 g/mol. The van der Waals surface area contributed by atoms with E-state index in [0.717, 1.165) is 44.8 Å². The molecule has 126 valence electrons. The summed E-state index contributed by atoms with van der Waals surface area (Å²) in [6.45, 7) is 4.19. The van der Waals surface area contributed by atoms with Gasteiger partial charge in [0, 0.05) is 23.7 Å². The molecule has 4 aromatic rings. The molecule has 2 aromatic carbocycles. The second kappa shape index (κ2) is 6.45. The third-order valence-electron chi connectivity index (χ3n) is 4.52. The van der Waals surface area contributed by atoms with Crippen molar-refractivity contribution in [1.29, 1.82) is 0 Å². The van der Waals surface area contributed by atoms with Gasteiger partial charge in [-0.2, -0.15) is 0 Å². The summed E-state index contributed by atoms with van der Waals surface area (Å²) in [6, 6.07) is 14.4. The zero-order valence-electron chi connectivity index (χ0n) is 14.5. The largest absolute Gasteiger partial charge is 0.294 e. The molecule has 0 unspecified atom stereocenters. The van der Waals surface area contributed by atoms with Gasteiger partial charge in [-0.15, -0.1) is 0 Å². The number of benzene rings is 2. The number of hydrogen-bond donors (Lipinski definition) is 0. The molecule has 0 bridgehead atoms. The predicted molar refractivity (Wildman–Crippen MR) is 105 cm³/mol. The zero-order chi connectivity index (χ0) is 17.4. The van der Waals surface area contributed by atoms with Gasteiger partial charge < -0.3 is 0 Å². The van der Waals surface area contributed by atoms with Gasteiger partial charge in [0.15, 0.2) is 10.7 Å². The van der Waals surface area contributed by atoms with Crippen molar-refractivity contribution in [3.8, 4) is 11.3 Å². The molecule has 0 aliphatic carbocycles. The van der Waals surface area contributed by atoms with Crippen LogP contribution in [0.2, 0.25) is 0 Å². The molecule has 0 fully saturated rings. The SMILES string of the molecule is CCCCC(=O)c1ccc2c(c1)sc1nc(-c3ccc(C)cc3)cn12. The van der Waals surface area contributed by atoms with Gasteiger partial charge in [-0.3, -0.25) is 9.20 Å². The van der Waals surface area contributed by atoms with Crippen molar-refractivity contribution in [3.63, 3.8) is 0 Å². The van der Waals surface area contributed by atoms with Gasteiger partial charge >= 0.3 is 0 Å². The van der Waals surface area contributed by atoms with Crippen LogP contribution in [0.15, 0.2) is 48.7 Å². The Morgan fingerprint density at radius 2 is 1.96 bits per heavy atom. The minimum absolute atomic E-state index is 0.232. The highest BCUT2D eigenvalue weighted by molar-refractivity contribution is 7.23. The van der Waals surface area contributed by atoms with Crippen LogP contribution >= 0.6 is 11.3 Å². The highest BCUT2D eigenvalue weighted by atomic mass is 32.1. The summed E-state index contributed by atoms with van der Waals surface area (Å²) in [5, 5.41) is 0. The van der Waals surface area contributed by atoms with Crippen molar-refractivity contribution in [2.75, 3.05) is 0 Å². The van der Waals surface area contributed by atoms with E-state index in [-0.39, 0.29) is 5.78 Å². The lowest BCUT2D eigenvalue weighted by atomic mass is 10.1. The van der Waals surface area contributed by atoms with Crippen LogP contribution in [0.25, 0.3) is 26.4 Å². The van der Waals surface area contributed by atoms with Crippen LogP contribution in [0.4, 0.5) is 0 Å². The van der Waals surface area contributed by atoms with Crippen LogP contribution in [-0.2, 0) is 0 Å². The molecule has 4 rings (SSSR count). The minimum atomic E-state index is 0.232. The topological polar surface area (TPSA) is 34.4 Å². The number of fused-ring (bicyclic) bond motifs is 3. The van der Waals surface area contributed by atoms with Crippen molar-refractivity contribution < 1.29 is 4.79 Å². The molecule has 0 N–H and O–H groups in total. The van der Waals surface area contributed by atoms with Crippen LogP contribution in [0, 0.1) is 6.92 Å². The number of aromatic nitrogens is 2. The zero-order valence-corrected chi connectivity index (χ0v) is 15.3. The fourth-order valence-corrected chi connectivity index (χ4v) is 4.07. The molecule has 0 atom stereocenters. The van der Waals surface area contributed by atoms with E-state index in [1.165, 1.54) is 5.56 Å². The van der Waals surface area contributed by atoms with Gasteiger partial charge in [-0.1, -0.05) is 54.5 Å². The molecule has 0 aliphatic rings. The summed E-state index contributed by atoms with van der Waals surface area (Å²) in [5.74, 6) is 0.232. The van der Waals surface area contributed by atoms with Crippen molar-refractivity contribution in [2.24, 2.45) is 0 Å². The maximum Gasteiger partial charge on any atom is 0.195 e. The number of ketones is 1. The van der Waals surface area contributed by atoms with E-state index >= 15 is 0 Å². The monoisotopic (exact) mass is 348 g/mol. The molecule has 2 aromatic heterocycles. The van der Waals surface area contributed by atoms with Gasteiger partial charge in [0.25, 0.3) is 0 Å². The highest BCUT2D eigenvalue weighted by Gasteiger charge is 2.12. The number of Topliss-reactive ketones (excluding diaryl/α,β-unsaturated/α-hetero) is 1. The second-order valence-electron chi connectivity index (χ2n) is 6.46. The number of imidazole rings is 1. The summed E-state index contributed by atoms with van der Waals surface area (Å²) in [4.78, 5) is 18.0. The van der Waals surface area contributed by atoms with E-state index in [9.17, 15) is 4.79 Å². The molecule has 0 radical (unpaired) electrons. The molecule has 25 heavy (non-hydrogen) atoms. The van der Waals surface area contributed by atoms with Crippen molar-refractivity contribution >= 4 is 32.3 Å². The molecule has 0 amide bonds. The van der Waals surface area contributed by atoms with Crippen LogP contribution in [-0.4, -0.2) is 15.2 Å². The van der Waals surface area contributed by atoms with Crippen LogP contribution < -0.4 is 0 Å². The van der Waals surface area contributed by atoms with Crippen molar-refractivity contribution in [1.82, 2.24) is 9.38 Å². The van der Waals surface area contributed by atoms with Gasteiger partial charge in [-0.05, 0) is 31.5 Å². The number of unbranched alkanes of at least 4 members (excludes halogenated alkanes) is 1. The molecule has 3 nitrogen and oxygen atoms in total. The first-order valence-electron chi connectivity index (χ1n) is 8.67. The van der Waals surface area contributed by atoms with Crippen LogP contribution in [0.5, 0.6) is 0 Å². The summed E-state index contributed by atoms with van der Waals surface area (Å²) >= 11 is 1.64. The fraction of sp³-hybridized carbons (Fsp3) is 0.238. The summed E-state index contributed by atoms with van der Waals surface area (Å²) in [6.07, 6.45) is 4.70. The lowest BCUT2D eigenvalue weighted by Gasteiger charge is -2.00.